The smallest absolute Gasteiger partial charge is 0.371 e. The molecule has 0 aliphatic carbocycles. The molecule has 20 heavy (non-hydrogen) atoms. The molecule has 0 saturated carbocycles. The van der Waals surface area contributed by atoms with Crippen LogP contribution >= 0.6 is 0 Å². The third-order valence-corrected chi connectivity index (χ3v) is 6.80. The van der Waals surface area contributed by atoms with Crippen LogP contribution in [-0.4, -0.2) is 28.6 Å². The molecule has 120 valence electrons. The van der Waals surface area contributed by atoms with Gasteiger partial charge in [0.05, 0.1) is 0 Å². The van der Waals surface area contributed by atoms with Gasteiger partial charge in [0.1, 0.15) is 0 Å². The summed E-state index contributed by atoms with van der Waals surface area (Å²) in [4.78, 5) is 0. The summed E-state index contributed by atoms with van der Waals surface area (Å²) in [5.74, 6) is 1.27. The van der Waals surface area contributed by atoms with Crippen LogP contribution < -0.4 is 0 Å². The Kier molecular flexibility index (Phi) is 10.5. The van der Waals surface area contributed by atoms with Gasteiger partial charge in [-0.2, -0.15) is 0 Å². The monoisotopic (exact) mass is 302 g/mol. The lowest BCUT2D eigenvalue weighted by molar-refractivity contribution is 0.0788. The fourth-order valence-corrected chi connectivity index (χ4v) is 5.03. The van der Waals surface area contributed by atoms with E-state index in [2.05, 4.69) is 27.4 Å². The van der Waals surface area contributed by atoms with Crippen LogP contribution in [0.3, 0.4) is 0 Å². The predicted molar refractivity (Wildman–Crippen MR) is 87.6 cm³/mol. The first-order valence-electron chi connectivity index (χ1n) is 8.07. The summed E-state index contributed by atoms with van der Waals surface area (Å²) in [5, 5.41) is 1.03. The van der Waals surface area contributed by atoms with Crippen LogP contribution in [0.25, 0.3) is 0 Å². The van der Waals surface area contributed by atoms with Crippen LogP contribution in [0.2, 0.25) is 0 Å². The van der Waals surface area contributed by atoms with E-state index in [1.54, 1.807) is 0 Å². The largest absolute Gasteiger partial charge is 0.532 e. The second kappa shape index (κ2) is 10.5. The van der Waals surface area contributed by atoms with Gasteiger partial charge in [-0.3, -0.25) is 0 Å². The lowest BCUT2D eigenvalue weighted by Crippen LogP contribution is -2.48. The molecule has 0 heterocycles. The van der Waals surface area contributed by atoms with Gasteiger partial charge in [-0.15, -0.1) is 0 Å². The van der Waals surface area contributed by atoms with Crippen LogP contribution in [0.15, 0.2) is 11.8 Å². The quantitative estimate of drug-likeness (QED) is 0.493. The average molecular weight is 303 g/mol. The minimum Gasteiger partial charge on any atom is -0.371 e. The molecular weight excluding hydrogens is 268 g/mol. The first-order valence-corrected chi connectivity index (χ1v) is 9.79. The van der Waals surface area contributed by atoms with Gasteiger partial charge in [-0.05, 0) is 44.2 Å². The summed E-state index contributed by atoms with van der Waals surface area (Å²) in [7, 11) is -2.72. The molecule has 0 spiro atoms. The van der Waals surface area contributed by atoms with Crippen LogP contribution in [0.1, 0.15) is 60.8 Å². The predicted octanol–water partition coefficient (Wildman–Crippen LogP) is 4.59. The lowest BCUT2D eigenvalue weighted by Gasteiger charge is -2.32. The van der Waals surface area contributed by atoms with Crippen molar-refractivity contribution in [2.24, 2.45) is 11.8 Å². The number of rotatable bonds is 12. The Labute approximate surface area is 127 Å². The summed E-state index contributed by atoms with van der Waals surface area (Å²) in [6, 6.07) is 0. The summed E-state index contributed by atoms with van der Waals surface area (Å²) in [6.07, 6.45) is 3.40. The van der Waals surface area contributed by atoms with Gasteiger partial charge in [-0.25, -0.2) is 0 Å². The van der Waals surface area contributed by atoms with Gasteiger partial charge in [0.25, 0.3) is 0 Å². The Morgan fingerprint density at radius 1 is 0.900 bits per heavy atom. The molecule has 0 N–H and O–H groups in total. The topological polar surface area (TPSA) is 27.7 Å². The van der Waals surface area contributed by atoms with Crippen LogP contribution in [0.4, 0.5) is 0 Å². The minimum atomic E-state index is -2.72. The maximum Gasteiger partial charge on any atom is 0.532 e. The van der Waals surface area contributed by atoms with Gasteiger partial charge in [0.2, 0.25) is 0 Å². The summed E-state index contributed by atoms with van der Waals surface area (Å²) in [6.45, 7) is 18.8. The van der Waals surface area contributed by atoms with Gasteiger partial charge < -0.3 is 13.3 Å². The molecule has 0 aromatic rings. The maximum absolute atomic E-state index is 5.91. The third-order valence-electron chi connectivity index (χ3n) is 3.72. The van der Waals surface area contributed by atoms with E-state index in [4.69, 9.17) is 13.3 Å². The first kappa shape index (κ1) is 19.8. The van der Waals surface area contributed by atoms with Crippen molar-refractivity contribution in [3.63, 3.8) is 0 Å². The Balaban J connectivity index is 4.84. The van der Waals surface area contributed by atoms with Crippen molar-refractivity contribution >= 4 is 8.80 Å². The molecular formula is C16H34O3Si. The molecule has 0 aliphatic heterocycles. The second-order valence-electron chi connectivity index (χ2n) is 5.41. The van der Waals surface area contributed by atoms with E-state index in [1.807, 2.05) is 20.8 Å². The molecule has 2 unspecified atom stereocenters. The SMILES string of the molecule is C=C(CC(C)C(C)CCC)[Si](OCC)(OCC)OCC. The Bertz CT molecular complexity index is 251. The number of hydrogen-bond acceptors (Lipinski definition) is 3. The third kappa shape index (κ3) is 6.08. The van der Waals surface area contributed by atoms with Crippen molar-refractivity contribution in [1.82, 2.24) is 0 Å². The number of allylic oxidation sites excluding steroid dienone is 1. The molecule has 3 nitrogen and oxygen atoms in total. The fourth-order valence-electron chi connectivity index (χ4n) is 2.46. The molecule has 0 saturated heterocycles. The Hall–Kier alpha value is -0.163. The highest BCUT2D eigenvalue weighted by molar-refractivity contribution is 6.68. The van der Waals surface area contributed by atoms with Crippen molar-refractivity contribution < 1.29 is 13.3 Å². The van der Waals surface area contributed by atoms with Gasteiger partial charge in [0, 0.05) is 19.8 Å². The molecule has 0 aromatic carbocycles. The molecule has 0 fully saturated rings. The lowest BCUT2D eigenvalue weighted by atomic mass is 9.89. The minimum absolute atomic E-state index is 0.579. The molecule has 0 radical (unpaired) electrons. The van der Waals surface area contributed by atoms with E-state index in [9.17, 15) is 0 Å². The number of hydrogen-bond donors (Lipinski definition) is 0. The van der Waals surface area contributed by atoms with Crippen molar-refractivity contribution in [3.8, 4) is 0 Å². The highest BCUT2D eigenvalue weighted by Crippen LogP contribution is 2.29. The van der Waals surface area contributed by atoms with Gasteiger partial charge >= 0.3 is 8.80 Å². The van der Waals surface area contributed by atoms with Crippen LogP contribution in [0.5, 0.6) is 0 Å². The molecule has 0 aromatic heterocycles. The molecule has 4 heteroatoms. The summed E-state index contributed by atoms with van der Waals surface area (Å²) < 4.78 is 17.7. The normalized spacial score (nSPS) is 15.1. The summed E-state index contributed by atoms with van der Waals surface area (Å²) >= 11 is 0. The van der Waals surface area contributed by atoms with Crippen molar-refractivity contribution in [2.45, 2.75) is 60.8 Å². The standard InChI is InChI=1S/C16H34O3Si/c1-8-12-14(5)15(6)13-16(7)20(17-9-2,18-10-3)19-11-4/h14-15H,7-13H2,1-6H3. The van der Waals surface area contributed by atoms with E-state index in [-0.39, 0.29) is 0 Å². The van der Waals surface area contributed by atoms with Crippen LogP contribution in [0, 0.1) is 11.8 Å². The first-order chi connectivity index (χ1) is 9.47. The van der Waals surface area contributed by atoms with Crippen LogP contribution in [-0.2, 0) is 13.3 Å². The van der Waals surface area contributed by atoms with E-state index in [1.165, 1.54) is 12.8 Å². The Morgan fingerprint density at radius 3 is 1.70 bits per heavy atom. The van der Waals surface area contributed by atoms with Gasteiger partial charge in [0.15, 0.2) is 0 Å². The molecule has 0 rings (SSSR count). The van der Waals surface area contributed by atoms with Gasteiger partial charge in [-0.1, -0.05) is 40.2 Å². The molecule has 0 aliphatic rings. The van der Waals surface area contributed by atoms with E-state index >= 15 is 0 Å². The highest BCUT2D eigenvalue weighted by atomic mass is 28.4. The fraction of sp³-hybridized carbons (Fsp3) is 0.875. The van der Waals surface area contributed by atoms with Crippen molar-refractivity contribution in [1.29, 1.82) is 0 Å². The average Bonchev–Trinajstić information content (AvgIpc) is 2.39. The van der Waals surface area contributed by atoms with E-state index in [0.717, 1.165) is 11.6 Å². The van der Waals surface area contributed by atoms with E-state index in [0.29, 0.717) is 31.7 Å². The zero-order valence-electron chi connectivity index (χ0n) is 14.3. The zero-order valence-corrected chi connectivity index (χ0v) is 15.3. The second-order valence-corrected chi connectivity index (χ2v) is 8.09. The molecule has 0 amide bonds. The Morgan fingerprint density at radius 2 is 1.35 bits per heavy atom. The maximum atomic E-state index is 5.91. The summed E-state index contributed by atoms with van der Waals surface area (Å²) in [5.41, 5.74) is 0. The van der Waals surface area contributed by atoms with E-state index < -0.39 is 8.80 Å². The van der Waals surface area contributed by atoms with Crippen molar-refractivity contribution in [3.05, 3.63) is 11.8 Å². The highest BCUT2D eigenvalue weighted by Gasteiger charge is 2.44. The molecule has 0 bridgehead atoms. The zero-order chi connectivity index (χ0) is 15.6. The molecule has 2 atom stereocenters. The van der Waals surface area contributed by atoms with Crippen molar-refractivity contribution in [2.75, 3.05) is 19.8 Å².